The van der Waals surface area contributed by atoms with Gasteiger partial charge in [0.25, 0.3) is 0 Å². The lowest BCUT2D eigenvalue weighted by Gasteiger charge is -2.06. The molecule has 156 valence electrons. The number of carbonyl (C=O) groups excluding carboxylic acids is 1. The highest BCUT2D eigenvalue weighted by atomic mass is 31.2. The Morgan fingerprint density at radius 3 is 2.47 bits per heavy atom. The number of benzene rings is 2. The molecule has 0 aliphatic heterocycles. The highest BCUT2D eigenvalue weighted by Gasteiger charge is 2.12. The average molecular weight is 429 g/mol. The summed E-state index contributed by atoms with van der Waals surface area (Å²) in [6, 6.07) is 12.8. The molecular weight excluding hydrogens is 408 g/mol. The zero-order chi connectivity index (χ0) is 21.7. The van der Waals surface area contributed by atoms with Crippen LogP contribution in [0.2, 0.25) is 0 Å². The number of carbonyl (C=O) groups is 1. The third-order valence-corrected chi connectivity index (χ3v) is 5.22. The van der Waals surface area contributed by atoms with Crippen LogP contribution in [0.4, 0.5) is 10.1 Å². The topological polar surface area (TPSA) is 104 Å². The Balaban J connectivity index is 1.66. The Morgan fingerprint density at radius 2 is 1.83 bits per heavy atom. The van der Waals surface area contributed by atoms with E-state index in [-0.39, 0.29) is 24.3 Å². The average Bonchev–Trinajstić information content (AvgIpc) is 3.06. The summed E-state index contributed by atoms with van der Waals surface area (Å²) in [5.41, 5.74) is 3.59. The van der Waals surface area contributed by atoms with Crippen LogP contribution < -0.4 is 5.32 Å². The van der Waals surface area contributed by atoms with E-state index >= 15 is 0 Å². The Morgan fingerprint density at radius 1 is 1.17 bits per heavy atom. The lowest BCUT2D eigenvalue weighted by Crippen LogP contribution is -2.07. The molecule has 1 amide bonds. The lowest BCUT2D eigenvalue weighted by molar-refractivity contribution is -0.111. The summed E-state index contributed by atoms with van der Waals surface area (Å²) in [7, 11) is -2.27. The minimum Gasteiger partial charge on any atom is -0.324 e. The summed E-state index contributed by atoms with van der Waals surface area (Å²) in [5.74, 6) is -0.669. The summed E-state index contributed by atoms with van der Waals surface area (Å²) in [5, 5.41) is 6.94. The van der Waals surface area contributed by atoms with Crippen molar-refractivity contribution < 1.29 is 23.5 Å². The Labute approximate surface area is 173 Å². The Bertz CT molecular complexity index is 1100. The molecule has 2 aromatic carbocycles. The fraction of sp³-hybridized carbons (Fsp3) is 0.143. The van der Waals surface area contributed by atoms with Gasteiger partial charge in [-0.1, -0.05) is 12.1 Å². The monoisotopic (exact) mass is 429 g/mol. The normalized spacial score (nSPS) is 11.7. The first kappa shape index (κ1) is 21.6. The summed E-state index contributed by atoms with van der Waals surface area (Å²) in [6.45, 7) is 0. The van der Waals surface area contributed by atoms with Gasteiger partial charge in [0.15, 0.2) is 0 Å². The zero-order valence-electron chi connectivity index (χ0n) is 16.2. The largest absolute Gasteiger partial charge is 0.325 e. The van der Waals surface area contributed by atoms with E-state index in [0.29, 0.717) is 11.3 Å². The van der Waals surface area contributed by atoms with E-state index in [0.717, 1.165) is 16.8 Å². The molecule has 7 nitrogen and oxygen atoms in total. The van der Waals surface area contributed by atoms with E-state index in [1.54, 1.807) is 60.4 Å². The maximum atomic E-state index is 13.2. The molecule has 1 heterocycles. The fourth-order valence-corrected chi connectivity index (χ4v) is 3.47. The number of hydrogen-bond donors (Lipinski definition) is 3. The molecule has 30 heavy (non-hydrogen) atoms. The van der Waals surface area contributed by atoms with E-state index in [9.17, 15) is 13.8 Å². The van der Waals surface area contributed by atoms with Crippen molar-refractivity contribution in [1.29, 1.82) is 0 Å². The van der Waals surface area contributed by atoms with Crippen molar-refractivity contribution >= 4 is 25.3 Å². The van der Waals surface area contributed by atoms with Gasteiger partial charge in [-0.25, -0.2) is 4.39 Å². The van der Waals surface area contributed by atoms with Crippen LogP contribution in [0, 0.1) is 5.82 Å². The number of aromatic nitrogens is 2. The molecule has 0 aliphatic carbocycles. The molecule has 0 fully saturated rings. The predicted octanol–water partition coefficient (Wildman–Crippen LogP) is 3.60. The Hall–Kier alpha value is -3.06. The maximum Gasteiger partial charge on any atom is 0.325 e. The molecular formula is C21H21FN3O4P. The zero-order valence-corrected chi connectivity index (χ0v) is 17.1. The van der Waals surface area contributed by atoms with Gasteiger partial charge >= 0.3 is 7.60 Å². The maximum absolute atomic E-state index is 13.2. The first-order valence-corrected chi connectivity index (χ1v) is 10.9. The van der Waals surface area contributed by atoms with E-state index in [1.165, 1.54) is 18.2 Å². The van der Waals surface area contributed by atoms with Gasteiger partial charge < -0.3 is 15.1 Å². The van der Waals surface area contributed by atoms with Crippen LogP contribution in [-0.4, -0.2) is 31.6 Å². The number of aryl methyl sites for hydroxylation is 2. The van der Waals surface area contributed by atoms with Crippen LogP contribution in [0.5, 0.6) is 0 Å². The van der Waals surface area contributed by atoms with Crippen molar-refractivity contribution in [2.45, 2.75) is 6.42 Å². The van der Waals surface area contributed by atoms with Crippen LogP contribution >= 0.6 is 7.60 Å². The molecule has 1 aromatic heterocycles. The highest BCUT2D eigenvalue weighted by Crippen LogP contribution is 2.34. The number of halogens is 1. The first-order valence-electron chi connectivity index (χ1n) is 9.12. The number of rotatable bonds is 7. The number of amides is 1. The molecule has 3 rings (SSSR count). The van der Waals surface area contributed by atoms with Crippen molar-refractivity contribution in [2.75, 3.05) is 11.5 Å². The number of nitrogens with zero attached hydrogens (tertiary/aromatic N) is 2. The summed E-state index contributed by atoms with van der Waals surface area (Å²) in [6.07, 6.45) is 4.67. The van der Waals surface area contributed by atoms with Crippen molar-refractivity contribution in [2.24, 2.45) is 7.05 Å². The van der Waals surface area contributed by atoms with Crippen LogP contribution in [0.3, 0.4) is 0 Å². The number of hydrogen-bond acceptors (Lipinski definition) is 3. The van der Waals surface area contributed by atoms with Crippen molar-refractivity contribution in [3.8, 4) is 11.3 Å². The predicted molar refractivity (Wildman–Crippen MR) is 113 cm³/mol. The standard InChI is InChI=1S/C21H21FN3O4P/c1-25-21(16-4-7-18(22)8-5-16)17(14-23-25)6-11-20(26)24-19-9-2-15(3-10-19)12-13-30(27,28)29/h2-11,14H,12-13H2,1H3,(H,24,26)(H2,27,28,29)/b11-6+. The molecule has 3 N–H and O–H groups in total. The third kappa shape index (κ3) is 5.97. The Kier molecular flexibility index (Phi) is 6.62. The number of anilines is 1. The van der Waals surface area contributed by atoms with Gasteiger partial charge in [-0.2, -0.15) is 5.10 Å². The molecule has 0 saturated heterocycles. The second-order valence-electron chi connectivity index (χ2n) is 6.74. The summed E-state index contributed by atoms with van der Waals surface area (Å²) < 4.78 is 25.8. The summed E-state index contributed by atoms with van der Waals surface area (Å²) in [4.78, 5) is 30.1. The van der Waals surface area contributed by atoms with E-state index < -0.39 is 7.60 Å². The molecule has 0 aliphatic rings. The highest BCUT2D eigenvalue weighted by molar-refractivity contribution is 7.51. The second-order valence-corrected chi connectivity index (χ2v) is 8.51. The van der Waals surface area contributed by atoms with Crippen LogP contribution in [-0.2, 0) is 22.8 Å². The molecule has 0 radical (unpaired) electrons. The van der Waals surface area contributed by atoms with Gasteiger partial charge in [-0.15, -0.1) is 0 Å². The molecule has 0 spiro atoms. The SMILES string of the molecule is Cn1ncc(/C=C/C(=O)Nc2ccc(CCP(=O)(O)O)cc2)c1-c1ccc(F)cc1. The summed E-state index contributed by atoms with van der Waals surface area (Å²) >= 11 is 0. The fourth-order valence-electron chi connectivity index (χ4n) is 2.92. The van der Waals surface area contributed by atoms with Gasteiger partial charge in [0.1, 0.15) is 5.82 Å². The quantitative estimate of drug-likeness (QED) is 0.393. The van der Waals surface area contributed by atoms with E-state index in [2.05, 4.69) is 10.4 Å². The van der Waals surface area contributed by atoms with Crippen molar-refractivity contribution in [3.63, 3.8) is 0 Å². The lowest BCUT2D eigenvalue weighted by atomic mass is 10.1. The third-order valence-electron chi connectivity index (χ3n) is 4.41. The van der Waals surface area contributed by atoms with Crippen molar-refractivity contribution in [3.05, 3.63) is 77.7 Å². The van der Waals surface area contributed by atoms with Gasteiger partial charge in [-0.3, -0.25) is 14.0 Å². The minimum absolute atomic E-state index is 0.219. The van der Waals surface area contributed by atoms with Gasteiger partial charge in [0.05, 0.1) is 18.1 Å². The molecule has 0 unspecified atom stereocenters. The minimum atomic E-state index is -4.04. The molecule has 3 aromatic rings. The van der Waals surface area contributed by atoms with Crippen LogP contribution in [0.25, 0.3) is 17.3 Å². The van der Waals surface area contributed by atoms with Gasteiger partial charge in [0.2, 0.25) is 5.91 Å². The van der Waals surface area contributed by atoms with Crippen molar-refractivity contribution in [1.82, 2.24) is 9.78 Å². The number of nitrogens with one attached hydrogen (secondary N) is 1. The van der Waals surface area contributed by atoms with Gasteiger partial charge in [0, 0.05) is 29.9 Å². The molecule has 0 bridgehead atoms. The van der Waals surface area contributed by atoms with Crippen LogP contribution in [0.1, 0.15) is 11.1 Å². The van der Waals surface area contributed by atoms with E-state index in [4.69, 9.17) is 9.79 Å². The smallest absolute Gasteiger partial charge is 0.324 e. The van der Waals surface area contributed by atoms with Crippen LogP contribution in [0.15, 0.2) is 60.8 Å². The first-order chi connectivity index (χ1) is 14.2. The molecule has 0 saturated carbocycles. The van der Waals surface area contributed by atoms with Gasteiger partial charge in [-0.05, 0) is 54.5 Å². The second kappa shape index (κ2) is 9.17. The molecule has 9 heteroatoms. The van der Waals surface area contributed by atoms with E-state index in [1.807, 2.05) is 0 Å². The molecule has 0 atom stereocenters.